The van der Waals surface area contributed by atoms with E-state index in [9.17, 15) is 9.59 Å². The van der Waals surface area contributed by atoms with Crippen molar-refractivity contribution < 1.29 is 9.59 Å². The van der Waals surface area contributed by atoms with Gasteiger partial charge in [0, 0.05) is 31.4 Å². The number of aromatic nitrogens is 1. The number of hydrogen-bond donors (Lipinski definition) is 1. The first kappa shape index (κ1) is 21.8. The van der Waals surface area contributed by atoms with Crippen molar-refractivity contribution >= 4 is 11.8 Å². The van der Waals surface area contributed by atoms with Gasteiger partial charge in [-0.2, -0.15) is 0 Å². The average molecular weight is 428 g/mol. The third-order valence-corrected chi connectivity index (χ3v) is 6.03. The molecule has 5 nitrogen and oxygen atoms in total. The highest BCUT2D eigenvalue weighted by atomic mass is 16.2. The number of benzene rings is 2. The SMILES string of the molecule is Cc1ccc(CNC(=O)[C@H]2CCCN(C(=O)c3cccnc3-c3ccc(C)cc3)C2)cc1. The van der Waals surface area contributed by atoms with Crippen LogP contribution in [0, 0.1) is 19.8 Å². The van der Waals surface area contributed by atoms with E-state index in [0.29, 0.717) is 30.9 Å². The van der Waals surface area contributed by atoms with E-state index >= 15 is 0 Å². The van der Waals surface area contributed by atoms with Crippen molar-refractivity contribution in [2.24, 2.45) is 5.92 Å². The lowest BCUT2D eigenvalue weighted by Crippen LogP contribution is -2.45. The highest BCUT2D eigenvalue weighted by Crippen LogP contribution is 2.25. The number of carbonyl (C=O) groups excluding carboxylic acids is 2. The molecular weight excluding hydrogens is 398 g/mol. The maximum Gasteiger partial charge on any atom is 0.256 e. The predicted octanol–water partition coefficient (Wildman–Crippen LogP) is 4.53. The number of amides is 2. The molecule has 2 aromatic carbocycles. The fraction of sp³-hybridized carbons (Fsp3) is 0.296. The lowest BCUT2D eigenvalue weighted by Gasteiger charge is -2.32. The Bertz CT molecular complexity index is 1090. The Morgan fingerprint density at radius 2 is 1.69 bits per heavy atom. The molecule has 0 unspecified atom stereocenters. The third kappa shape index (κ3) is 5.05. The molecule has 1 fully saturated rings. The number of pyridine rings is 1. The number of rotatable bonds is 5. The van der Waals surface area contributed by atoms with E-state index in [-0.39, 0.29) is 17.7 Å². The van der Waals surface area contributed by atoms with Gasteiger partial charge in [-0.05, 0) is 44.4 Å². The van der Waals surface area contributed by atoms with Crippen molar-refractivity contribution in [2.75, 3.05) is 13.1 Å². The molecule has 32 heavy (non-hydrogen) atoms. The van der Waals surface area contributed by atoms with Gasteiger partial charge in [-0.1, -0.05) is 59.7 Å². The van der Waals surface area contributed by atoms with Crippen LogP contribution in [0.4, 0.5) is 0 Å². The highest BCUT2D eigenvalue weighted by Gasteiger charge is 2.30. The maximum absolute atomic E-state index is 13.4. The van der Waals surface area contributed by atoms with Gasteiger partial charge in [-0.3, -0.25) is 14.6 Å². The molecule has 5 heteroatoms. The summed E-state index contributed by atoms with van der Waals surface area (Å²) in [6.45, 7) is 5.67. The summed E-state index contributed by atoms with van der Waals surface area (Å²) in [5, 5.41) is 3.04. The molecule has 1 atom stereocenters. The first-order valence-electron chi connectivity index (χ1n) is 11.2. The van der Waals surface area contributed by atoms with Gasteiger partial charge in [-0.25, -0.2) is 0 Å². The first-order valence-corrected chi connectivity index (χ1v) is 11.2. The second kappa shape index (κ2) is 9.77. The zero-order valence-corrected chi connectivity index (χ0v) is 18.7. The van der Waals surface area contributed by atoms with Gasteiger partial charge in [0.25, 0.3) is 5.91 Å². The Kier molecular flexibility index (Phi) is 6.64. The van der Waals surface area contributed by atoms with Gasteiger partial charge in [0.1, 0.15) is 0 Å². The summed E-state index contributed by atoms with van der Waals surface area (Å²) < 4.78 is 0. The quantitative estimate of drug-likeness (QED) is 0.651. The predicted molar refractivity (Wildman–Crippen MR) is 126 cm³/mol. The Hall–Kier alpha value is -3.47. The fourth-order valence-corrected chi connectivity index (χ4v) is 4.10. The minimum Gasteiger partial charge on any atom is -0.352 e. The van der Waals surface area contributed by atoms with E-state index < -0.39 is 0 Å². The van der Waals surface area contributed by atoms with Gasteiger partial charge >= 0.3 is 0 Å². The van der Waals surface area contributed by atoms with Gasteiger partial charge in [-0.15, -0.1) is 0 Å². The number of nitrogens with one attached hydrogen (secondary N) is 1. The van der Waals surface area contributed by atoms with Gasteiger partial charge in [0.2, 0.25) is 5.91 Å². The number of carbonyl (C=O) groups is 2. The van der Waals surface area contributed by atoms with Crippen LogP contribution in [0.25, 0.3) is 11.3 Å². The lowest BCUT2D eigenvalue weighted by molar-refractivity contribution is -0.126. The molecule has 0 spiro atoms. The summed E-state index contributed by atoms with van der Waals surface area (Å²) >= 11 is 0. The van der Waals surface area contributed by atoms with Crippen LogP contribution in [0.5, 0.6) is 0 Å². The van der Waals surface area contributed by atoms with Crippen LogP contribution in [0.2, 0.25) is 0 Å². The molecule has 1 N–H and O–H groups in total. The largest absolute Gasteiger partial charge is 0.352 e. The molecule has 3 aromatic rings. The standard InChI is InChI=1S/C27H29N3O2/c1-19-7-11-21(12-8-19)17-29-26(31)23-5-4-16-30(18-23)27(32)24-6-3-15-28-25(24)22-13-9-20(2)10-14-22/h3,6-15,23H,4-5,16-18H2,1-2H3,(H,29,31)/t23-/m0/s1. The fourth-order valence-electron chi connectivity index (χ4n) is 4.10. The van der Waals surface area contributed by atoms with Crippen molar-refractivity contribution in [3.63, 3.8) is 0 Å². The van der Waals surface area contributed by atoms with Gasteiger partial charge < -0.3 is 10.2 Å². The smallest absolute Gasteiger partial charge is 0.256 e. The molecule has 4 rings (SSSR count). The average Bonchev–Trinajstić information content (AvgIpc) is 2.83. The van der Waals surface area contributed by atoms with Crippen LogP contribution < -0.4 is 5.32 Å². The Balaban J connectivity index is 1.44. The third-order valence-electron chi connectivity index (χ3n) is 6.03. The second-order valence-corrected chi connectivity index (χ2v) is 8.56. The number of aryl methyl sites for hydroxylation is 2. The summed E-state index contributed by atoms with van der Waals surface area (Å²) in [4.78, 5) is 32.5. The van der Waals surface area contributed by atoms with Crippen LogP contribution >= 0.6 is 0 Å². The van der Waals surface area contributed by atoms with E-state index in [1.165, 1.54) is 5.56 Å². The van der Waals surface area contributed by atoms with Gasteiger partial charge in [0.05, 0.1) is 17.2 Å². The van der Waals surface area contributed by atoms with Crippen LogP contribution in [-0.2, 0) is 11.3 Å². The zero-order valence-electron chi connectivity index (χ0n) is 18.7. The topological polar surface area (TPSA) is 62.3 Å². The molecule has 164 valence electrons. The normalized spacial score (nSPS) is 15.9. The summed E-state index contributed by atoms with van der Waals surface area (Å²) in [5.74, 6) is -0.254. The Morgan fingerprint density at radius 3 is 2.41 bits per heavy atom. The van der Waals surface area contributed by atoms with Crippen LogP contribution in [0.15, 0.2) is 66.9 Å². The molecule has 1 aromatic heterocycles. The van der Waals surface area contributed by atoms with Crippen molar-refractivity contribution in [3.05, 3.63) is 89.1 Å². The number of likely N-dealkylation sites (tertiary alicyclic amines) is 1. The zero-order chi connectivity index (χ0) is 22.5. The maximum atomic E-state index is 13.4. The highest BCUT2D eigenvalue weighted by molar-refractivity contribution is 6.00. The molecular formula is C27H29N3O2. The second-order valence-electron chi connectivity index (χ2n) is 8.56. The molecule has 0 saturated carbocycles. The van der Waals surface area contributed by atoms with Crippen molar-refractivity contribution in [2.45, 2.75) is 33.2 Å². The van der Waals surface area contributed by atoms with Gasteiger partial charge in [0.15, 0.2) is 0 Å². The van der Waals surface area contributed by atoms with Crippen LogP contribution in [0.1, 0.15) is 39.9 Å². The molecule has 0 aliphatic carbocycles. The van der Waals surface area contributed by atoms with Crippen molar-refractivity contribution in [1.82, 2.24) is 15.2 Å². The molecule has 2 heterocycles. The molecule has 1 aliphatic rings. The molecule has 2 amide bonds. The van der Waals surface area contributed by atoms with E-state index in [0.717, 1.165) is 29.5 Å². The summed E-state index contributed by atoms with van der Waals surface area (Å²) in [5.41, 5.74) is 5.62. The summed E-state index contributed by atoms with van der Waals surface area (Å²) in [6, 6.07) is 19.8. The number of nitrogens with zero attached hydrogens (tertiary/aromatic N) is 2. The minimum absolute atomic E-state index is 0.00743. The van der Waals surface area contributed by atoms with E-state index in [4.69, 9.17) is 0 Å². The number of hydrogen-bond acceptors (Lipinski definition) is 3. The summed E-state index contributed by atoms with van der Waals surface area (Å²) in [6.07, 6.45) is 3.32. The molecule has 1 aliphatic heterocycles. The first-order chi connectivity index (χ1) is 15.5. The minimum atomic E-state index is -0.197. The number of piperidine rings is 1. The van der Waals surface area contributed by atoms with E-state index in [2.05, 4.69) is 10.3 Å². The van der Waals surface area contributed by atoms with E-state index in [1.807, 2.05) is 68.4 Å². The molecule has 1 saturated heterocycles. The van der Waals surface area contributed by atoms with Crippen LogP contribution in [0.3, 0.4) is 0 Å². The Morgan fingerprint density at radius 1 is 1.00 bits per heavy atom. The monoisotopic (exact) mass is 427 g/mol. The van der Waals surface area contributed by atoms with E-state index in [1.54, 1.807) is 17.2 Å². The van der Waals surface area contributed by atoms with Crippen molar-refractivity contribution in [3.8, 4) is 11.3 Å². The van der Waals surface area contributed by atoms with Crippen LogP contribution in [-0.4, -0.2) is 34.8 Å². The Labute approximate surface area is 189 Å². The lowest BCUT2D eigenvalue weighted by atomic mass is 9.95. The molecule has 0 radical (unpaired) electrons. The summed E-state index contributed by atoms with van der Waals surface area (Å²) in [7, 11) is 0. The van der Waals surface area contributed by atoms with Crippen molar-refractivity contribution in [1.29, 1.82) is 0 Å². The molecule has 0 bridgehead atoms.